The molecule has 1 heterocycles. The summed E-state index contributed by atoms with van der Waals surface area (Å²) in [6.07, 6.45) is 1.53. The highest BCUT2D eigenvalue weighted by atomic mass is 16.2. The van der Waals surface area contributed by atoms with E-state index in [0.717, 1.165) is 18.4 Å². The Morgan fingerprint density at radius 2 is 1.68 bits per heavy atom. The lowest BCUT2D eigenvalue weighted by Crippen LogP contribution is -2.48. The second-order valence-electron chi connectivity index (χ2n) is 8.36. The Kier molecular flexibility index (Phi) is 6.26. The van der Waals surface area contributed by atoms with Gasteiger partial charge in [-0.15, -0.1) is 0 Å². The molecule has 1 aromatic carbocycles. The summed E-state index contributed by atoms with van der Waals surface area (Å²) in [4.78, 5) is 29.3. The van der Waals surface area contributed by atoms with Crippen LogP contribution in [-0.4, -0.2) is 40.7 Å². The number of piperidine rings is 1. The van der Waals surface area contributed by atoms with Crippen molar-refractivity contribution < 1.29 is 9.59 Å². The number of nitrogens with zero attached hydrogens (tertiary/aromatic N) is 2. The van der Waals surface area contributed by atoms with Gasteiger partial charge in [0, 0.05) is 37.0 Å². The lowest BCUT2D eigenvalue weighted by molar-refractivity contribution is -0.146. The average molecular weight is 344 g/mol. The molecule has 0 unspecified atom stereocenters. The first kappa shape index (κ1) is 19.5. The fourth-order valence-electron chi connectivity index (χ4n) is 3.33. The lowest BCUT2D eigenvalue weighted by atomic mass is 9.90. The maximum atomic E-state index is 13.0. The molecule has 1 fully saturated rings. The zero-order valence-electron chi connectivity index (χ0n) is 16.3. The minimum absolute atomic E-state index is 0.0233. The van der Waals surface area contributed by atoms with Crippen LogP contribution < -0.4 is 0 Å². The van der Waals surface area contributed by atoms with Crippen molar-refractivity contribution in [1.82, 2.24) is 9.80 Å². The second-order valence-corrected chi connectivity index (χ2v) is 8.36. The Morgan fingerprint density at radius 1 is 1.12 bits per heavy atom. The molecule has 0 aromatic heterocycles. The molecule has 1 saturated heterocycles. The van der Waals surface area contributed by atoms with Crippen molar-refractivity contribution in [2.24, 2.45) is 11.3 Å². The molecule has 2 amide bonds. The molecule has 0 spiro atoms. The largest absolute Gasteiger partial charge is 0.342 e. The van der Waals surface area contributed by atoms with Crippen LogP contribution in [0.4, 0.5) is 0 Å². The summed E-state index contributed by atoms with van der Waals surface area (Å²) in [6, 6.07) is 10.3. The van der Waals surface area contributed by atoms with Gasteiger partial charge in [0.15, 0.2) is 0 Å². The number of rotatable bonds is 4. The van der Waals surface area contributed by atoms with Crippen LogP contribution in [0.5, 0.6) is 0 Å². The van der Waals surface area contributed by atoms with E-state index in [1.807, 2.05) is 48.8 Å². The quantitative estimate of drug-likeness (QED) is 0.835. The van der Waals surface area contributed by atoms with Gasteiger partial charge in [0.05, 0.1) is 0 Å². The summed E-state index contributed by atoms with van der Waals surface area (Å²) in [5.74, 6) is 0.431. The van der Waals surface area contributed by atoms with Gasteiger partial charge < -0.3 is 9.80 Å². The third-order valence-corrected chi connectivity index (χ3v) is 4.88. The summed E-state index contributed by atoms with van der Waals surface area (Å²) in [7, 11) is 0. The minimum Gasteiger partial charge on any atom is -0.342 e. The number of benzene rings is 1. The highest BCUT2D eigenvalue weighted by Crippen LogP contribution is 2.26. The van der Waals surface area contributed by atoms with E-state index in [4.69, 9.17) is 0 Å². The molecular formula is C21H32N2O2. The molecule has 0 atom stereocenters. The van der Waals surface area contributed by atoms with Crippen molar-refractivity contribution in [2.45, 2.75) is 60.0 Å². The number of carbonyl (C=O) groups is 2. The van der Waals surface area contributed by atoms with E-state index in [1.54, 1.807) is 0 Å². The number of hydrogen-bond acceptors (Lipinski definition) is 2. The molecule has 138 valence electrons. The van der Waals surface area contributed by atoms with Crippen molar-refractivity contribution in [2.75, 3.05) is 13.1 Å². The Morgan fingerprint density at radius 3 is 2.16 bits per heavy atom. The topological polar surface area (TPSA) is 40.6 Å². The van der Waals surface area contributed by atoms with Gasteiger partial charge in [0.25, 0.3) is 0 Å². The molecule has 2 rings (SSSR count). The summed E-state index contributed by atoms with van der Waals surface area (Å²) in [5.41, 5.74) is 0.804. The third kappa shape index (κ3) is 5.07. The molecule has 1 aliphatic rings. The predicted octanol–water partition coefficient (Wildman–Crippen LogP) is 3.71. The SMILES string of the molecule is CC(C)N(Cc1ccccc1)C(=O)C1CCN(C(=O)C(C)(C)C)CC1. The highest BCUT2D eigenvalue weighted by Gasteiger charge is 2.34. The first-order valence-electron chi connectivity index (χ1n) is 9.34. The summed E-state index contributed by atoms with van der Waals surface area (Å²) < 4.78 is 0. The van der Waals surface area contributed by atoms with Crippen LogP contribution >= 0.6 is 0 Å². The summed E-state index contributed by atoms with van der Waals surface area (Å²) in [6.45, 7) is 12.0. The smallest absolute Gasteiger partial charge is 0.227 e. The zero-order chi connectivity index (χ0) is 18.6. The molecule has 4 nitrogen and oxygen atoms in total. The molecule has 0 bridgehead atoms. The molecule has 1 aromatic rings. The summed E-state index contributed by atoms with van der Waals surface area (Å²) in [5, 5.41) is 0. The van der Waals surface area contributed by atoms with Crippen LogP contribution in [0, 0.1) is 11.3 Å². The second kappa shape index (κ2) is 8.03. The zero-order valence-corrected chi connectivity index (χ0v) is 16.3. The van der Waals surface area contributed by atoms with E-state index < -0.39 is 0 Å². The molecule has 0 saturated carbocycles. The Labute approximate surface area is 152 Å². The van der Waals surface area contributed by atoms with E-state index in [1.165, 1.54) is 0 Å². The maximum absolute atomic E-state index is 13.0. The summed E-state index contributed by atoms with van der Waals surface area (Å²) >= 11 is 0. The van der Waals surface area contributed by atoms with Crippen LogP contribution in [0.25, 0.3) is 0 Å². The fraction of sp³-hybridized carbons (Fsp3) is 0.619. The van der Waals surface area contributed by atoms with Gasteiger partial charge in [-0.25, -0.2) is 0 Å². The van der Waals surface area contributed by atoms with Gasteiger partial charge in [-0.1, -0.05) is 51.1 Å². The van der Waals surface area contributed by atoms with Crippen molar-refractivity contribution in [3.63, 3.8) is 0 Å². The van der Waals surface area contributed by atoms with Crippen molar-refractivity contribution in [3.8, 4) is 0 Å². The Balaban J connectivity index is 1.98. The van der Waals surface area contributed by atoms with Gasteiger partial charge in [-0.3, -0.25) is 9.59 Å². The van der Waals surface area contributed by atoms with Gasteiger partial charge in [0.2, 0.25) is 11.8 Å². The van der Waals surface area contributed by atoms with E-state index in [9.17, 15) is 9.59 Å². The molecule has 1 aliphatic heterocycles. The maximum Gasteiger partial charge on any atom is 0.227 e. The molecule has 0 radical (unpaired) electrons. The average Bonchev–Trinajstić information content (AvgIpc) is 2.58. The van der Waals surface area contributed by atoms with Crippen LogP contribution in [0.2, 0.25) is 0 Å². The number of carbonyl (C=O) groups excluding carboxylic acids is 2. The van der Waals surface area contributed by atoms with Gasteiger partial charge >= 0.3 is 0 Å². The molecule has 0 N–H and O–H groups in total. The van der Waals surface area contributed by atoms with Crippen molar-refractivity contribution in [1.29, 1.82) is 0 Å². The van der Waals surface area contributed by atoms with E-state index >= 15 is 0 Å². The minimum atomic E-state index is -0.353. The lowest BCUT2D eigenvalue weighted by Gasteiger charge is -2.38. The van der Waals surface area contributed by atoms with E-state index in [2.05, 4.69) is 26.0 Å². The van der Waals surface area contributed by atoms with Crippen LogP contribution in [-0.2, 0) is 16.1 Å². The first-order valence-corrected chi connectivity index (χ1v) is 9.34. The van der Waals surface area contributed by atoms with Crippen LogP contribution in [0.3, 0.4) is 0 Å². The van der Waals surface area contributed by atoms with Crippen molar-refractivity contribution >= 4 is 11.8 Å². The standard InChI is InChI=1S/C21H32N2O2/c1-16(2)23(15-17-9-7-6-8-10-17)19(24)18-11-13-22(14-12-18)20(25)21(3,4)5/h6-10,16,18H,11-15H2,1-5H3. The fourth-order valence-corrected chi connectivity index (χ4v) is 3.33. The molecule has 4 heteroatoms. The number of hydrogen-bond donors (Lipinski definition) is 0. The van der Waals surface area contributed by atoms with Crippen molar-refractivity contribution in [3.05, 3.63) is 35.9 Å². The normalized spacial score (nSPS) is 16.2. The molecular weight excluding hydrogens is 312 g/mol. The van der Waals surface area contributed by atoms with Crippen LogP contribution in [0.15, 0.2) is 30.3 Å². The monoisotopic (exact) mass is 344 g/mol. The molecule has 25 heavy (non-hydrogen) atoms. The first-order chi connectivity index (χ1) is 11.7. The number of amides is 2. The number of likely N-dealkylation sites (tertiary alicyclic amines) is 1. The van der Waals surface area contributed by atoms with Gasteiger partial charge in [-0.05, 0) is 32.3 Å². The van der Waals surface area contributed by atoms with E-state index in [-0.39, 0.29) is 29.2 Å². The molecule has 0 aliphatic carbocycles. The Bertz CT molecular complexity index is 582. The predicted molar refractivity (Wildman–Crippen MR) is 101 cm³/mol. The third-order valence-electron chi connectivity index (χ3n) is 4.88. The Hall–Kier alpha value is -1.84. The highest BCUT2D eigenvalue weighted by molar-refractivity contribution is 5.83. The van der Waals surface area contributed by atoms with Gasteiger partial charge in [-0.2, -0.15) is 0 Å². The van der Waals surface area contributed by atoms with E-state index in [0.29, 0.717) is 19.6 Å². The van der Waals surface area contributed by atoms with Gasteiger partial charge in [0.1, 0.15) is 0 Å². The van der Waals surface area contributed by atoms with Crippen LogP contribution in [0.1, 0.15) is 53.0 Å².